The van der Waals surface area contributed by atoms with Crippen molar-refractivity contribution < 1.29 is 18.4 Å². The molecular formula is C21H19F2N5O2. The van der Waals surface area contributed by atoms with E-state index >= 15 is 0 Å². The number of carbonyl (C=O) groups is 2. The van der Waals surface area contributed by atoms with Crippen molar-refractivity contribution in [1.82, 2.24) is 10.2 Å². The molecule has 9 heteroatoms. The minimum atomic E-state index is -3.00. The number of fused-ring (bicyclic) bond motifs is 1. The third-order valence-corrected chi connectivity index (χ3v) is 5.06. The first-order valence-corrected chi connectivity index (χ1v) is 9.41. The van der Waals surface area contributed by atoms with Crippen LogP contribution in [-0.2, 0) is 15.5 Å². The Labute approximate surface area is 170 Å². The number of rotatable bonds is 5. The summed E-state index contributed by atoms with van der Waals surface area (Å²) in [6.45, 7) is 2.97. The first kappa shape index (κ1) is 19.7. The molecule has 0 saturated heterocycles. The van der Waals surface area contributed by atoms with Gasteiger partial charge in [-0.2, -0.15) is 15.2 Å². The highest BCUT2D eigenvalue weighted by atomic mass is 19.3. The number of hydrogen-bond donors (Lipinski definition) is 2. The Morgan fingerprint density at radius 2 is 2.07 bits per heavy atom. The van der Waals surface area contributed by atoms with Gasteiger partial charge in [-0.15, -0.1) is 0 Å². The van der Waals surface area contributed by atoms with Crippen molar-refractivity contribution in [2.24, 2.45) is 11.0 Å². The summed E-state index contributed by atoms with van der Waals surface area (Å²) in [6, 6.07) is 10.7. The molecule has 2 heterocycles. The number of nitrogens with zero attached hydrogens (tertiary/aromatic N) is 3. The van der Waals surface area contributed by atoms with Gasteiger partial charge in [0.15, 0.2) is 5.92 Å². The summed E-state index contributed by atoms with van der Waals surface area (Å²) >= 11 is 0. The molecule has 1 aliphatic heterocycles. The van der Waals surface area contributed by atoms with Crippen molar-refractivity contribution in [2.45, 2.75) is 26.2 Å². The van der Waals surface area contributed by atoms with Crippen molar-refractivity contribution in [3.8, 4) is 0 Å². The standard InChI is InChI=1S/C21H19F2N5O2/c1-3-21(22,23)14-5-4-6-15(9-14)25-19(29)18-12(2)27-28(20(18)30)16-8-7-13-11-24-26-17(13)10-16/h4-11,18H,3H2,1-2H3,(H,24,26)(H,25,29). The molecule has 0 spiro atoms. The Morgan fingerprint density at radius 1 is 1.27 bits per heavy atom. The fourth-order valence-corrected chi connectivity index (χ4v) is 3.35. The first-order valence-electron chi connectivity index (χ1n) is 9.41. The van der Waals surface area contributed by atoms with Crippen LogP contribution in [0, 0.1) is 5.92 Å². The number of amides is 2. The highest BCUT2D eigenvalue weighted by molar-refractivity contribution is 6.28. The van der Waals surface area contributed by atoms with Gasteiger partial charge in [-0.25, -0.2) is 8.78 Å². The molecule has 0 radical (unpaired) electrons. The van der Waals surface area contributed by atoms with E-state index in [0.717, 1.165) is 10.9 Å². The molecule has 1 atom stereocenters. The summed E-state index contributed by atoms with van der Waals surface area (Å²) in [7, 11) is 0. The second kappa shape index (κ2) is 7.33. The minimum Gasteiger partial charge on any atom is -0.325 e. The lowest BCUT2D eigenvalue weighted by Crippen LogP contribution is -2.36. The van der Waals surface area contributed by atoms with Crippen LogP contribution in [0.5, 0.6) is 0 Å². The molecule has 0 fully saturated rings. The van der Waals surface area contributed by atoms with Gasteiger partial charge in [0.2, 0.25) is 5.91 Å². The maximum Gasteiger partial charge on any atom is 0.273 e. The largest absolute Gasteiger partial charge is 0.325 e. The van der Waals surface area contributed by atoms with Crippen LogP contribution in [-0.4, -0.2) is 27.7 Å². The molecule has 0 saturated carbocycles. The van der Waals surface area contributed by atoms with Gasteiger partial charge in [0, 0.05) is 23.1 Å². The quantitative estimate of drug-likeness (QED) is 0.621. The van der Waals surface area contributed by atoms with Crippen LogP contribution in [0.2, 0.25) is 0 Å². The Bertz CT molecular complexity index is 1170. The van der Waals surface area contributed by atoms with Crippen LogP contribution in [0.4, 0.5) is 20.2 Å². The van der Waals surface area contributed by atoms with Crippen LogP contribution >= 0.6 is 0 Å². The van der Waals surface area contributed by atoms with Crippen LogP contribution in [0.1, 0.15) is 25.8 Å². The molecule has 1 unspecified atom stereocenters. The van der Waals surface area contributed by atoms with Crippen molar-refractivity contribution in [2.75, 3.05) is 10.3 Å². The molecule has 0 bridgehead atoms. The van der Waals surface area contributed by atoms with Crippen LogP contribution < -0.4 is 10.3 Å². The van der Waals surface area contributed by atoms with E-state index in [4.69, 9.17) is 0 Å². The Hall–Kier alpha value is -3.62. The number of nitrogens with one attached hydrogen (secondary N) is 2. The molecule has 4 rings (SSSR count). The summed E-state index contributed by atoms with van der Waals surface area (Å²) < 4.78 is 27.9. The molecule has 1 aliphatic rings. The molecule has 7 nitrogen and oxygen atoms in total. The average Bonchev–Trinajstić information content (AvgIpc) is 3.31. The number of hydrogen-bond acceptors (Lipinski definition) is 4. The highest BCUT2D eigenvalue weighted by Gasteiger charge is 2.40. The van der Waals surface area contributed by atoms with E-state index in [9.17, 15) is 18.4 Å². The molecular weight excluding hydrogens is 392 g/mol. The molecule has 1 aromatic heterocycles. The van der Waals surface area contributed by atoms with E-state index in [1.54, 1.807) is 31.3 Å². The van der Waals surface area contributed by atoms with Crippen LogP contribution in [0.15, 0.2) is 53.8 Å². The predicted octanol–water partition coefficient (Wildman–Crippen LogP) is 4.04. The lowest BCUT2D eigenvalue weighted by molar-refractivity contribution is -0.127. The van der Waals surface area contributed by atoms with E-state index in [1.807, 2.05) is 0 Å². The van der Waals surface area contributed by atoms with Crippen LogP contribution in [0.3, 0.4) is 0 Å². The number of anilines is 2. The Kier molecular flexibility index (Phi) is 4.81. The second-order valence-corrected chi connectivity index (χ2v) is 7.09. The predicted molar refractivity (Wildman–Crippen MR) is 109 cm³/mol. The van der Waals surface area contributed by atoms with E-state index in [2.05, 4.69) is 20.6 Å². The Morgan fingerprint density at radius 3 is 2.83 bits per heavy atom. The van der Waals surface area contributed by atoms with Gasteiger partial charge in [0.25, 0.3) is 11.8 Å². The lowest BCUT2D eigenvalue weighted by atomic mass is 10.0. The molecule has 154 valence electrons. The monoisotopic (exact) mass is 411 g/mol. The summed E-state index contributed by atoms with van der Waals surface area (Å²) in [5.74, 6) is -5.27. The number of halogens is 2. The third-order valence-electron chi connectivity index (χ3n) is 5.06. The van der Waals surface area contributed by atoms with E-state index < -0.39 is 23.7 Å². The third kappa shape index (κ3) is 3.42. The number of benzene rings is 2. The van der Waals surface area contributed by atoms with Gasteiger partial charge in [0.1, 0.15) is 0 Å². The number of alkyl halides is 2. The number of aromatic amines is 1. The number of aromatic nitrogens is 2. The normalized spacial score (nSPS) is 16.8. The Balaban J connectivity index is 1.55. The molecule has 0 aliphatic carbocycles. The zero-order chi connectivity index (χ0) is 21.5. The topological polar surface area (TPSA) is 90.5 Å². The lowest BCUT2D eigenvalue weighted by Gasteiger charge is -2.17. The van der Waals surface area contributed by atoms with E-state index in [1.165, 1.54) is 36.2 Å². The molecule has 2 aromatic carbocycles. The zero-order valence-electron chi connectivity index (χ0n) is 16.3. The first-order chi connectivity index (χ1) is 14.3. The molecule has 30 heavy (non-hydrogen) atoms. The smallest absolute Gasteiger partial charge is 0.273 e. The summed E-state index contributed by atoms with van der Waals surface area (Å²) in [6.07, 6.45) is 1.30. The molecule has 2 amide bonds. The second-order valence-electron chi connectivity index (χ2n) is 7.09. The van der Waals surface area contributed by atoms with Gasteiger partial charge in [-0.1, -0.05) is 19.1 Å². The van der Waals surface area contributed by atoms with E-state index in [-0.39, 0.29) is 17.7 Å². The maximum atomic E-state index is 14.0. The van der Waals surface area contributed by atoms with Crippen molar-refractivity contribution >= 4 is 39.8 Å². The zero-order valence-corrected chi connectivity index (χ0v) is 16.3. The van der Waals surface area contributed by atoms with Crippen molar-refractivity contribution in [3.05, 3.63) is 54.2 Å². The number of H-pyrrole nitrogens is 1. The fraction of sp³-hybridized carbons (Fsp3) is 0.238. The molecule has 2 N–H and O–H groups in total. The van der Waals surface area contributed by atoms with Gasteiger partial charge in [-0.3, -0.25) is 14.7 Å². The minimum absolute atomic E-state index is 0.194. The van der Waals surface area contributed by atoms with E-state index in [0.29, 0.717) is 11.4 Å². The SMILES string of the molecule is CCC(F)(F)c1cccc(NC(=O)C2C(=O)N(c3ccc4cn[nH]c4c3)N=C2C)c1. The maximum absolute atomic E-state index is 14.0. The summed E-state index contributed by atoms with van der Waals surface area (Å²) in [5.41, 5.74) is 1.55. The summed E-state index contributed by atoms with van der Waals surface area (Å²) in [5, 5.41) is 15.6. The molecule has 3 aromatic rings. The number of hydrazone groups is 1. The van der Waals surface area contributed by atoms with Crippen LogP contribution in [0.25, 0.3) is 10.9 Å². The van der Waals surface area contributed by atoms with Gasteiger partial charge in [0.05, 0.1) is 23.1 Å². The van der Waals surface area contributed by atoms with Crippen molar-refractivity contribution in [3.63, 3.8) is 0 Å². The van der Waals surface area contributed by atoms with Gasteiger partial charge >= 0.3 is 0 Å². The van der Waals surface area contributed by atoms with Gasteiger partial charge in [-0.05, 0) is 37.3 Å². The highest BCUT2D eigenvalue weighted by Crippen LogP contribution is 2.33. The number of carbonyl (C=O) groups excluding carboxylic acids is 2. The van der Waals surface area contributed by atoms with Gasteiger partial charge < -0.3 is 5.32 Å². The fourth-order valence-electron chi connectivity index (χ4n) is 3.35. The summed E-state index contributed by atoms with van der Waals surface area (Å²) in [4.78, 5) is 25.7. The van der Waals surface area contributed by atoms with Crippen molar-refractivity contribution in [1.29, 1.82) is 0 Å². The average molecular weight is 411 g/mol.